The lowest BCUT2D eigenvalue weighted by Crippen LogP contribution is -1.95. The molecule has 0 aliphatic heterocycles. The molecule has 0 aromatic carbocycles. The van der Waals surface area contributed by atoms with E-state index in [9.17, 15) is 4.79 Å². The molecule has 66 valence electrons. The number of carbonyl (C=O) groups is 1. The molecule has 0 aromatic heterocycles. The largest absolute Gasteiger partial charge is 0.465 e. The molecule has 0 atom stereocenters. The van der Waals surface area contributed by atoms with Gasteiger partial charge in [-0.1, -0.05) is 6.42 Å². The summed E-state index contributed by atoms with van der Waals surface area (Å²) in [6, 6.07) is 0. The maximum absolute atomic E-state index is 10.7. The smallest absolute Gasteiger partial charge is 0.338 e. The Morgan fingerprint density at radius 2 is 2.08 bits per heavy atom. The molecule has 1 fully saturated rings. The highest BCUT2D eigenvalue weighted by molar-refractivity contribution is 5.81. The minimum Gasteiger partial charge on any atom is -0.465 e. The number of carbonyl (C=O) groups excluding carboxylic acids is 1. The maximum atomic E-state index is 10.7. The maximum Gasteiger partial charge on any atom is 0.338 e. The quantitative estimate of drug-likeness (QED) is 0.339. The average Bonchev–Trinajstić information content (AvgIpc) is 2.16. The van der Waals surface area contributed by atoms with Crippen molar-refractivity contribution in [3.63, 3.8) is 0 Å². The zero-order valence-electron chi connectivity index (χ0n) is 7.43. The van der Waals surface area contributed by atoms with Crippen LogP contribution in [0, 0.1) is 0 Å². The van der Waals surface area contributed by atoms with Crippen molar-refractivity contribution in [1.82, 2.24) is 0 Å². The van der Waals surface area contributed by atoms with Crippen LogP contribution in [0.5, 0.6) is 0 Å². The SMILES string of the molecule is COC(=O)C=C=C1CCCCC1. The Balaban J connectivity index is 2.53. The Kier molecular flexibility index (Phi) is 3.62. The zero-order chi connectivity index (χ0) is 8.81. The summed E-state index contributed by atoms with van der Waals surface area (Å²) in [6.45, 7) is 0. The summed E-state index contributed by atoms with van der Waals surface area (Å²) < 4.78 is 4.47. The number of hydrogen-bond acceptors (Lipinski definition) is 2. The van der Waals surface area contributed by atoms with E-state index in [1.54, 1.807) is 0 Å². The van der Waals surface area contributed by atoms with Crippen LogP contribution < -0.4 is 0 Å². The zero-order valence-corrected chi connectivity index (χ0v) is 7.43. The van der Waals surface area contributed by atoms with Crippen molar-refractivity contribution in [1.29, 1.82) is 0 Å². The van der Waals surface area contributed by atoms with Gasteiger partial charge in [-0.05, 0) is 31.3 Å². The van der Waals surface area contributed by atoms with Crippen LogP contribution in [0.1, 0.15) is 32.1 Å². The molecule has 2 heteroatoms. The van der Waals surface area contributed by atoms with Crippen molar-refractivity contribution in [3.8, 4) is 0 Å². The highest BCUT2D eigenvalue weighted by Crippen LogP contribution is 2.21. The minimum atomic E-state index is -0.312. The molecule has 0 radical (unpaired) electrons. The number of esters is 1. The molecule has 12 heavy (non-hydrogen) atoms. The predicted octanol–water partition coefficient (Wildman–Crippen LogP) is 2.21. The van der Waals surface area contributed by atoms with Crippen molar-refractivity contribution in [2.45, 2.75) is 32.1 Å². The van der Waals surface area contributed by atoms with Gasteiger partial charge in [0.05, 0.1) is 13.2 Å². The van der Waals surface area contributed by atoms with E-state index < -0.39 is 0 Å². The lowest BCUT2D eigenvalue weighted by molar-refractivity contribution is -0.134. The van der Waals surface area contributed by atoms with Crippen molar-refractivity contribution < 1.29 is 9.53 Å². The Labute approximate surface area is 72.9 Å². The second-order valence-corrected chi connectivity index (χ2v) is 2.98. The molecule has 1 aliphatic rings. The summed E-state index contributed by atoms with van der Waals surface area (Å²) in [5.74, 6) is -0.312. The van der Waals surface area contributed by atoms with Crippen LogP contribution in [-0.2, 0) is 9.53 Å². The molecular formula is C10H14O2. The van der Waals surface area contributed by atoms with Crippen molar-refractivity contribution in [3.05, 3.63) is 17.4 Å². The van der Waals surface area contributed by atoms with Gasteiger partial charge in [0.15, 0.2) is 0 Å². The number of rotatable bonds is 1. The molecule has 0 heterocycles. The van der Waals surface area contributed by atoms with Crippen LogP contribution in [0.25, 0.3) is 0 Å². The van der Waals surface area contributed by atoms with Crippen molar-refractivity contribution in [2.24, 2.45) is 0 Å². The summed E-state index contributed by atoms with van der Waals surface area (Å²) in [7, 11) is 1.38. The van der Waals surface area contributed by atoms with Crippen LogP contribution in [0.15, 0.2) is 17.4 Å². The molecule has 0 unspecified atom stereocenters. The third-order valence-corrected chi connectivity index (χ3v) is 2.05. The van der Waals surface area contributed by atoms with Gasteiger partial charge in [-0.15, -0.1) is 5.73 Å². The van der Waals surface area contributed by atoms with Crippen LogP contribution in [-0.4, -0.2) is 13.1 Å². The lowest BCUT2D eigenvalue weighted by atomic mass is 9.96. The third-order valence-electron chi connectivity index (χ3n) is 2.05. The number of methoxy groups -OCH3 is 1. The van der Waals surface area contributed by atoms with E-state index in [0.29, 0.717) is 0 Å². The molecule has 1 rings (SSSR count). The van der Waals surface area contributed by atoms with E-state index in [0.717, 1.165) is 12.8 Å². The number of ether oxygens (including phenoxy) is 1. The molecule has 1 aliphatic carbocycles. The fourth-order valence-corrected chi connectivity index (χ4v) is 1.34. The van der Waals surface area contributed by atoms with Gasteiger partial charge in [-0.2, -0.15) is 0 Å². The van der Waals surface area contributed by atoms with Crippen LogP contribution in [0.2, 0.25) is 0 Å². The molecule has 0 amide bonds. The van der Waals surface area contributed by atoms with Gasteiger partial charge in [0, 0.05) is 0 Å². The van der Waals surface area contributed by atoms with Gasteiger partial charge in [-0.25, -0.2) is 4.79 Å². The Hall–Kier alpha value is -1.01. The molecule has 0 aromatic rings. The first kappa shape index (κ1) is 9.08. The van der Waals surface area contributed by atoms with E-state index in [1.807, 2.05) is 0 Å². The van der Waals surface area contributed by atoms with Crippen LogP contribution in [0.4, 0.5) is 0 Å². The molecule has 0 spiro atoms. The molecule has 0 bridgehead atoms. The Morgan fingerprint density at radius 3 is 2.67 bits per heavy atom. The number of hydrogen-bond donors (Lipinski definition) is 0. The highest BCUT2D eigenvalue weighted by Gasteiger charge is 2.03. The molecule has 1 saturated carbocycles. The fourth-order valence-electron chi connectivity index (χ4n) is 1.34. The van der Waals surface area contributed by atoms with Crippen LogP contribution in [0.3, 0.4) is 0 Å². The van der Waals surface area contributed by atoms with Crippen molar-refractivity contribution in [2.75, 3.05) is 7.11 Å². The van der Waals surface area contributed by atoms with E-state index in [4.69, 9.17) is 0 Å². The average molecular weight is 166 g/mol. The third kappa shape index (κ3) is 2.93. The van der Waals surface area contributed by atoms with Gasteiger partial charge in [0.1, 0.15) is 0 Å². The van der Waals surface area contributed by atoms with Gasteiger partial charge >= 0.3 is 5.97 Å². The second kappa shape index (κ2) is 4.78. The Morgan fingerprint density at radius 1 is 1.42 bits per heavy atom. The van der Waals surface area contributed by atoms with Gasteiger partial charge < -0.3 is 4.74 Å². The van der Waals surface area contributed by atoms with Crippen LogP contribution >= 0.6 is 0 Å². The molecule has 0 saturated heterocycles. The summed E-state index contributed by atoms with van der Waals surface area (Å²) >= 11 is 0. The van der Waals surface area contributed by atoms with E-state index >= 15 is 0 Å². The van der Waals surface area contributed by atoms with Gasteiger partial charge in [-0.3, -0.25) is 0 Å². The van der Waals surface area contributed by atoms with E-state index in [1.165, 1.54) is 38.0 Å². The van der Waals surface area contributed by atoms with Crippen molar-refractivity contribution >= 4 is 5.97 Å². The fraction of sp³-hybridized carbons (Fsp3) is 0.600. The normalized spacial score (nSPS) is 16.6. The van der Waals surface area contributed by atoms with E-state index in [2.05, 4.69) is 10.5 Å². The van der Waals surface area contributed by atoms with Gasteiger partial charge in [0.25, 0.3) is 0 Å². The summed E-state index contributed by atoms with van der Waals surface area (Å²) in [4.78, 5) is 10.7. The lowest BCUT2D eigenvalue weighted by Gasteiger charge is -2.10. The molecule has 0 N–H and O–H groups in total. The van der Waals surface area contributed by atoms with Gasteiger partial charge in [0.2, 0.25) is 0 Å². The standard InChI is InChI=1S/C10H14O2/c1-12-10(11)8-7-9-5-3-2-4-6-9/h8H,2-6H2,1H3. The second-order valence-electron chi connectivity index (χ2n) is 2.98. The first-order valence-electron chi connectivity index (χ1n) is 4.35. The first-order valence-corrected chi connectivity index (χ1v) is 4.35. The summed E-state index contributed by atoms with van der Waals surface area (Å²) in [6.07, 6.45) is 7.35. The summed E-state index contributed by atoms with van der Waals surface area (Å²) in [5, 5.41) is 0. The summed E-state index contributed by atoms with van der Waals surface area (Å²) in [5.41, 5.74) is 4.25. The Bertz CT molecular complexity index is 214. The molecular weight excluding hydrogens is 152 g/mol. The monoisotopic (exact) mass is 166 g/mol. The topological polar surface area (TPSA) is 26.3 Å². The highest BCUT2D eigenvalue weighted by atomic mass is 16.5. The van der Waals surface area contributed by atoms with E-state index in [-0.39, 0.29) is 5.97 Å². The predicted molar refractivity (Wildman–Crippen MR) is 46.7 cm³/mol. The molecule has 2 nitrogen and oxygen atoms in total. The first-order chi connectivity index (χ1) is 5.83. The minimum absolute atomic E-state index is 0.312.